The summed E-state index contributed by atoms with van der Waals surface area (Å²) in [5.74, 6) is 0.813. The Bertz CT molecular complexity index is 449. The van der Waals surface area contributed by atoms with Gasteiger partial charge in [0.2, 0.25) is 0 Å². The summed E-state index contributed by atoms with van der Waals surface area (Å²) in [6, 6.07) is 10.8. The molecule has 0 aromatic heterocycles. The van der Waals surface area contributed by atoms with Gasteiger partial charge in [0.25, 0.3) is 0 Å². The fourth-order valence-corrected chi connectivity index (χ4v) is 4.02. The molecule has 1 aromatic rings. The molecule has 0 saturated heterocycles. The van der Waals surface area contributed by atoms with Gasteiger partial charge in [0.15, 0.2) is 0 Å². The molecule has 17 heavy (non-hydrogen) atoms. The van der Waals surface area contributed by atoms with E-state index in [1.54, 1.807) is 5.57 Å². The summed E-state index contributed by atoms with van der Waals surface area (Å²) in [6.45, 7) is 7.42. The van der Waals surface area contributed by atoms with Gasteiger partial charge in [0.05, 0.1) is 0 Å². The van der Waals surface area contributed by atoms with E-state index in [-0.39, 0.29) is 0 Å². The van der Waals surface area contributed by atoms with Crippen molar-refractivity contribution in [3.05, 3.63) is 41.5 Å². The van der Waals surface area contributed by atoms with Crippen molar-refractivity contribution in [2.75, 3.05) is 0 Å². The predicted molar refractivity (Wildman–Crippen MR) is 73.6 cm³/mol. The average molecular weight is 226 g/mol. The third-order valence-corrected chi connectivity index (χ3v) is 5.61. The first-order chi connectivity index (χ1) is 8.03. The van der Waals surface area contributed by atoms with Crippen LogP contribution in [0.1, 0.15) is 45.6 Å². The summed E-state index contributed by atoms with van der Waals surface area (Å²) in [7, 11) is 0. The van der Waals surface area contributed by atoms with Crippen LogP contribution in [0.2, 0.25) is 0 Å². The molecule has 3 rings (SSSR count). The van der Waals surface area contributed by atoms with Gasteiger partial charge in [-0.25, -0.2) is 0 Å². The van der Waals surface area contributed by atoms with Crippen LogP contribution in [-0.2, 0) is 0 Å². The summed E-state index contributed by atoms with van der Waals surface area (Å²) in [5, 5.41) is 0. The Hall–Kier alpha value is -1.04. The summed E-state index contributed by atoms with van der Waals surface area (Å²) < 4.78 is 0. The SMILES string of the molecule is CC12CCC(C(=Cc3ccccc3)C1)C2(C)C. The molecule has 2 unspecified atom stereocenters. The maximum absolute atomic E-state index is 2.48. The molecule has 2 atom stereocenters. The second kappa shape index (κ2) is 3.48. The molecule has 0 spiro atoms. The zero-order valence-corrected chi connectivity index (χ0v) is 11.2. The zero-order valence-electron chi connectivity index (χ0n) is 11.2. The van der Waals surface area contributed by atoms with E-state index < -0.39 is 0 Å². The molecule has 0 N–H and O–H groups in total. The summed E-state index contributed by atoms with van der Waals surface area (Å²) in [5.41, 5.74) is 4.09. The fourth-order valence-electron chi connectivity index (χ4n) is 4.02. The lowest BCUT2D eigenvalue weighted by Gasteiger charge is -2.33. The van der Waals surface area contributed by atoms with E-state index in [1.165, 1.54) is 24.8 Å². The zero-order chi connectivity index (χ0) is 12.1. The van der Waals surface area contributed by atoms with Gasteiger partial charge in [0.1, 0.15) is 0 Å². The quantitative estimate of drug-likeness (QED) is 0.638. The lowest BCUT2D eigenvalue weighted by atomic mass is 9.71. The highest BCUT2D eigenvalue weighted by Gasteiger charge is 2.57. The molecule has 0 aliphatic heterocycles. The van der Waals surface area contributed by atoms with Gasteiger partial charge >= 0.3 is 0 Å². The first-order valence-electron chi connectivity index (χ1n) is 6.78. The molecular weight excluding hydrogens is 204 g/mol. The van der Waals surface area contributed by atoms with Gasteiger partial charge in [-0.2, -0.15) is 0 Å². The number of allylic oxidation sites excluding steroid dienone is 1. The highest BCUT2D eigenvalue weighted by atomic mass is 14.6. The molecule has 0 heteroatoms. The fraction of sp³-hybridized carbons (Fsp3) is 0.529. The van der Waals surface area contributed by atoms with Gasteiger partial charge in [-0.15, -0.1) is 0 Å². The van der Waals surface area contributed by atoms with Crippen molar-refractivity contribution in [1.29, 1.82) is 0 Å². The number of fused-ring (bicyclic) bond motifs is 2. The molecule has 2 aliphatic rings. The van der Waals surface area contributed by atoms with E-state index in [1.807, 2.05) is 0 Å². The molecular formula is C17H22. The Kier molecular flexibility index (Phi) is 2.26. The average Bonchev–Trinajstić information content (AvgIpc) is 2.61. The van der Waals surface area contributed by atoms with E-state index in [0.29, 0.717) is 10.8 Å². The smallest absolute Gasteiger partial charge is 0.0143 e. The van der Waals surface area contributed by atoms with Gasteiger partial charge in [-0.3, -0.25) is 0 Å². The molecule has 2 fully saturated rings. The normalized spacial score (nSPS) is 36.6. The molecule has 2 aliphatic carbocycles. The minimum atomic E-state index is 0.494. The second-order valence-electron chi connectivity index (χ2n) is 6.68. The van der Waals surface area contributed by atoms with Gasteiger partial charge in [0, 0.05) is 0 Å². The van der Waals surface area contributed by atoms with Gasteiger partial charge in [-0.05, 0) is 41.6 Å². The maximum Gasteiger partial charge on any atom is -0.0143 e. The largest absolute Gasteiger partial charge is 0.0654 e. The van der Waals surface area contributed by atoms with Crippen molar-refractivity contribution in [3.63, 3.8) is 0 Å². The minimum Gasteiger partial charge on any atom is -0.0654 e. The van der Waals surface area contributed by atoms with Crippen molar-refractivity contribution >= 4 is 6.08 Å². The van der Waals surface area contributed by atoms with Crippen LogP contribution in [-0.4, -0.2) is 0 Å². The second-order valence-corrected chi connectivity index (χ2v) is 6.68. The minimum absolute atomic E-state index is 0.494. The van der Waals surface area contributed by atoms with Crippen LogP contribution < -0.4 is 0 Å². The van der Waals surface area contributed by atoms with E-state index in [4.69, 9.17) is 0 Å². The van der Waals surface area contributed by atoms with E-state index in [2.05, 4.69) is 57.2 Å². The molecule has 0 amide bonds. The summed E-state index contributed by atoms with van der Waals surface area (Å²) in [6.07, 6.45) is 6.55. The van der Waals surface area contributed by atoms with E-state index in [0.717, 1.165) is 5.92 Å². The Labute approximate surface area is 105 Å². The van der Waals surface area contributed by atoms with Crippen LogP contribution >= 0.6 is 0 Å². The monoisotopic (exact) mass is 226 g/mol. The first kappa shape index (κ1) is 11.1. The lowest BCUT2D eigenvalue weighted by Crippen LogP contribution is -2.26. The number of rotatable bonds is 1. The van der Waals surface area contributed by atoms with Crippen molar-refractivity contribution in [2.24, 2.45) is 16.7 Å². The molecule has 2 bridgehead atoms. The number of benzene rings is 1. The Morgan fingerprint density at radius 2 is 1.82 bits per heavy atom. The third kappa shape index (κ3) is 1.50. The van der Waals surface area contributed by atoms with Crippen molar-refractivity contribution in [3.8, 4) is 0 Å². The Morgan fingerprint density at radius 3 is 2.35 bits per heavy atom. The van der Waals surface area contributed by atoms with Crippen LogP contribution in [0.15, 0.2) is 35.9 Å². The number of hydrogen-bond acceptors (Lipinski definition) is 0. The Balaban J connectivity index is 1.97. The standard InChI is InChI=1S/C17H22/c1-16(2)15-9-10-17(16,3)12-14(15)11-13-7-5-4-6-8-13/h4-8,11,15H,9-10,12H2,1-3H3. The van der Waals surface area contributed by atoms with Crippen LogP contribution in [0, 0.1) is 16.7 Å². The highest BCUT2D eigenvalue weighted by Crippen LogP contribution is 2.67. The van der Waals surface area contributed by atoms with Crippen LogP contribution in [0.25, 0.3) is 6.08 Å². The molecule has 90 valence electrons. The summed E-state index contributed by atoms with van der Waals surface area (Å²) in [4.78, 5) is 0. The van der Waals surface area contributed by atoms with Crippen molar-refractivity contribution < 1.29 is 0 Å². The molecule has 0 radical (unpaired) electrons. The van der Waals surface area contributed by atoms with Gasteiger partial charge in [-0.1, -0.05) is 62.8 Å². The predicted octanol–water partition coefficient (Wildman–Crippen LogP) is 4.92. The highest BCUT2D eigenvalue weighted by molar-refractivity contribution is 5.55. The van der Waals surface area contributed by atoms with Crippen molar-refractivity contribution in [1.82, 2.24) is 0 Å². The third-order valence-electron chi connectivity index (χ3n) is 5.61. The maximum atomic E-state index is 2.48. The van der Waals surface area contributed by atoms with Crippen LogP contribution in [0.3, 0.4) is 0 Å². The van der Waals surface area contributed by atoms with Crippen molar-refractivity contribution in [2.45, 2.75) is 40.0 Å². The van der Waals surface area contributed by atoms with Crippen LogP contribution in [0.4, 0.5) is 0 Å². The lowest BCUT2D eigenvalue weighted by molar-refractivity contribution is 0.152. The van der Waals surface area contributed by atoms with E-state index >= 15 is 0 Å². The molecule has 1 aromatic carbocycles. The topological polar surface area (TPSA) is 0 Å². The van der Waals surface area contributed by atoms with Crippen LogP contribution in [0.5, 0.6) is 0 Å². The molecule has 2 saturated carbocycles. The Morgan fingerprint density at radius 1 is 1.12 bits per heavy atom. The number of hydrogen-bond donors (Lipinski definition) is 0. The molecule has 0 heterocycles. The van der Waals surface area contributed by atoms with Gasteiger partial charge < -0.3 is 0 Å². The first-order valence-corrected chi connectivity index (χ1v) is 6.78. The van der Waals surface area contributed by atoms with E-state index in [9.17, 15) is 0 Å². The summed E-state index contributed by atoms with van der Waals surface area (Å²) >= 11 is 0. The molecule has 0 nitrogen and oxygen atoms in total.